The minimum Gasteiger partial charge on any atom is -0.387 e. The van der Waals surface area contributed by atoms with Gasteiger partial charge in [-0.2, -0.15) is 0 Å². The van der Waals surface area contributed by atoms with E-state index in [-0.39, 0.29) is 12.6 Å². The van der Waals surface area contributed by atoms with Gasteiger partial charge in [0.2, 0.25) is 0 Å². The molecule has 0 aromatic heterocycles. The molecule has 0 bridgehead atoms. The molecule has 1 unspecified atom stereocenters. The average Bonchev–Trinajstić information content (AvgIpc) is 1.98. The van der Waals surface area contributed by atoms with Gasteiger partial charge in [-0.3, -0.25) is 0 Å². The number of urea groups is 1. The van der Waals surface area contributed by atoms with Crippen molar-refractivity contribution in [2.45, 2.75) is 12.5 Å². The number of amides is 2. The Morgan fingerprint density at radius 1 is 1.54 bits per heavy atom. The lowest BCUT2D eigenvalue weighted by Crippen LogP contribution is -2.48. The number of carbonyl (C=O) groups excluding carboxylic acids is 1. The molecular formula is C8H19N3O2. The summed E-state index contributed by atoms with van der Waals surface area (Å²) >= 11 is 0. The van der Waals surface area contributed by atoms with E-state index in [0.29, 0.717) is 6.54 Å². The summed E-state index contributed by atoms with van der Waals surface area (Å²) in [5.74, 6) is 0. The van der Waals surface area contributed by atoms with E-state index >= 15 is 0 Å². The van der Waals surface area contributed by atoms with E-state index in [1.54, 1.807) is 6.92 Å². The largest absolute Gasteiger partial charge is 0.387 e. The predicted molar refractivity (Wildman–Crippen MR) is 51.6 cm³/mol. The summed E-state index contributed by atoms with van der Waals surface area (Å²) in [7, 11) is 5.28. The molecule has 0 aromatic rings. The Hall–Kier alpha value is -0.810. The summed E-state index contributed by atoms with van der Waals surface area (Å²) in [6, 6.07) is -0.279. The van der Waals surface area contributed by atoms with Crippen LogP contribution in [0.25, 0.3) is 0 Å². The first-order chi connectivity index (χ1) is 5.87. The second kappa shape index (κ2) is 5.04. The molecule has 3 N–H and O–H groups in total. The van der Waals surface area contributed by atoms with Gasteiger partial charge in [0.15, 0.2) is 0 Å². The quantitative estimate of drug-likeness (QED) is 0.544. The molecule has 0 fully saturated rings. The van der Waals surface area contributed by atoms with Crippen LogP contribution in [0.4, 0.5) is 4.79 Å². The van der Waals surface area contributed by atoms with Crippen molar-refractivity contribution in [2.24, 2.45) is 0 Å². The maximum atomic E-state index is 10.8. The molecule has 5 nitrogen and oxygen atoms in total. The van der Waals surface area contributed by atoms with Crippen molar-refractivity contribution in [3.8, 4) is 0 Å². The van der Waals surface area contributed by atoms with Crippen LogP contribution in [0.5, 0.6) is 0 Å². The number of carbonyl (C=O) groups is 1. The molecule has 0 aliphatic rings. The highest BCUT2D eigenvalue weighted by Crippen LogP contribution is 2.01. The maximum absolute atomic E-state index is 10.8. The topological polar surface area (TPSA) is 64.6 Å². The van der Waals surface area contributed by atoms with Crippen LogP contribution in [0.2, 0.25) is 0 Å². The third-order valence-corrected chi connectivity index (χ3v) is 1.51. The van der Waals surface area contributed by atoms with Gasteiger partial charge in [0.25, 0.3) is 0 Å². The zero-order valence-electron chi connectivity index (χ0n) is 8.72. The number of nitrogens with zero attached hydrogens (tertiary/aromatic N) is 1. The Bertz CT molecular complexity index is 169. The van der Waals surface area contributed by atoms with Gasteiger partial charge in [-0.15, -0.1) is 0 Å². The third-order valence-electron chi connectivity index (χ3n) is 1.51. The molecule has 0 aliphatic carbocycles. The fourth-order valence-electron chi connectivity index (χ4n) is 1.10. The average molecular weight is 189 g/mol. The Kier molecular flexibility index (Phi) is 4.72. The highest BCUT2D eigenvalue weighted by Gasteiger charge is 2.21. The van der Waals surface area contributed by atoms with Crippen molar-refractivity contribution >= 4 is 6.03 Å². The molecule has 78 valence electrons. The standard InChI is InChI=1S/C8H19N3O2/c1-8(13,6-11(3)4)5-10-7(12)9-2/h13H,5-6H2,1-4H3,(H2,9,10,12). The fraction of sp³-hybridized carbons (Fsp3) is 0.875. The molecule has 0 spiro atoms. The molecule has 0 rings (SSSR count). The predicted octanol–water partition coefficient (Wildman–Crippen LogP) is -0.772. The highest BCUT2D eigenvalue weighted by molar-refractivity contribution is 5.73. The smallest absolute Gasteiger partial charge is 0.314 e. The zero-order chi connectivity index (χ0) is 10.5. The van der Waals surface area contributed by atoms with Gasteiger partial charge in [0, 0.05) is 20.1 Å². The Morgan fingerprint density at radius 3 is 2.46 bits per heavy atom. The second-order valence-corrected chi connectivity index (χ2v) is 3.67. The summed E-state index contributed by atoms with van der Waals surface area (Å²) < 4.78 is 0. The van der Waals surface area contributed by atoms with Gasteiger partial charge < -0.3 is 20.6 Å². The summed E-state index contributed by atoms with van der Waals surface area (Å²) in [5, 5.41) is 14.7. The van der Waals surface area contributed by atoms with E-state index in [9.17, 15) is 9.90 Å². The van der Waals surface area contributed by atoms with Crippen LogP contribution >= 0.6 is 0 Å². The summed E-state index contributed by atoms with van der Waals surface area (Å²) in [6.45, 7) is 2.44. The summed E-state index contributed by atoms with van der Waals surface area (Å²) in [6.07, 6.45) is 0. The van der Waals surface area contributed by atoms with E-state index in [0.717, 1.165) is 0 Å². The van der Waals surface area contributed by atoms with Gasteiger partial charge in [-0.05, 0) is 21.0 Å². The lowest BCUT2D eigenvalue weighted by Gasteiger charge is -2.26. The van der Waals surface area contributed by atoms with Crippen LogP contribution in [-0.2, 0) is 0 Å². The lowest BCUT2D eigenvalue weighted by atomic mass is 10.1. The van der Waals surface area contributed by atoms with E-state index in [1.807, 2.05) is 19.0 Å². The van der Waals surface area contributed by atoms with Crippen molar-refractivity contribution in [3.63, 3.8) is 0 Å². The summed E-state index contributed by atoms with van der Waals surface area (Å²) in [4.78, 5) is 12.7. The van der Waals surface area contributed by atoms with Gasteiger partial charge in [-0.25, -0.2) is 4.79 Å². The first-order valence-corrected chi connectivity index (χ1v) is 4.20. The van der Waals surface area contributed by atoms with Crippen LogP contribution in [0.1, 0.15) is 6.92 Å². The number of likely N-dealkylation sites (N-methyl/N-ethyl adjacent to an activating group) is 1. The van der Waals surface area contributed by atoms with E-state index in [2.05, 4.69) is 10.6 Å². The Morgan fingerprint density at radius 2 is 2.08 bits per heavy atom. The molecule has 0 aliphatic heterocycles. The van der Waals surface area contributed by atoms with E-state index < -0.39 is 5.60 Å². The molecule has 0 saturated heterocycles. The first-order valence-electron chi connectivity index (χ1n) is 4.20. The van der Waals surface area contributed by atoms with Crippen LogP contribution in [0.15, 0.2) is 0 Å². The van der Waals surface area contributed by atoms with Gasteiger partial charge in [-0.1, -0.05) is 0 Å². The molecule has 0 saturated carbocycles. The molecule has 1 atom stereocenters. The van der Waals surface area contributed by atoms with Crippen molar-refractivity contribution in [1.29, 1.82) is 0 Å². The van der Waals surface area contributed by atoms with Gasteiger partial charge >= 0.3 is 6.03 Å². The minimum atomic E-state index is -0.893. The van der Waals surface area contributed by atoms with E-state index in [1.165, 1.54) is 7.05 Å². The molecular weight excluding hydrogens is 170 g/mol. The Labute approximate surface area is 79.1 Å². The van der Waals surface area contributed by atoms with Crippen LogP contribution in [0, 0.1) is 0 Å². The van der Waals surface area contributed by atoms with Crippen LogP contribution < -0.4 is 10.6 Å². The number of hydrogen-bond donors (Lipinski definition) is 3. The zero-order valence-corrected chi connectivity index (χ0v) is 8.72. The normalized spacial score (nSPS) is 15.2. The lowest BCUT2D eigenvalue weighted by molar-refractivity contribution is 0.0361. The molecule has 13 heavy (non-hydrogen) atoms. The maximum Gasteiger partial charge on any atom is 0.314 e. The molecule has 2 amide bonds. The first kappa shape index (κ1) is 12.2. The second-order valence-electron chi connectivity index (χ2n) is 3.67. The Balaban J connectivity index is 3.81. The SMILES string of the molecule is CNC(=O)NCC(C)(O)CN(C)C. The van der Waals surface area contributed by atoms with Gasteiger partial charge in [0.1, 0.15) is 0 Å². The van der Waals surface area contributed by atoms with Gasteiger partial charge in [0.05, 0.1) is 5.60 Å². The van der Waals surface area contributed by atoms with Crippen LogP contribution in [-0.4, -0.2) is 55.9 Å². The number of aliphatic hydroxyl groups is 1. The molecule has 5 heteroatoms. The van der Waals surface area contributed by atoms with Crippen LogP contribution in [0.3, 0.4) is 0 Å². The van der Waals surface area contributed by atoms with Crippen molar-refractivity contribution in [2.75, 3.05) is 34.2 Å². The fourth-order valence-corrected chi connectivity index (χ4v) is 1.10. The minimum absolute atomic E-state index is 0.241. The summed E-state index contributed by atoms with van der Waals surface area (Å²) in [5.41, 5.74) is -0.893. The van der Waals surface area contributed by atoms with E-state index in [4.69, 9.17) is 0 Å². The monoisotopic (exact) mass is 189 g/mol. The number of hydrogen-bond acceptors (Lipinski definition) is 3. The molecule has 0 aromatic carbocycles. The number of rotatable bonds is 4. The molecule has 0 radical (unpaired) electrons. The van der Waals surface area contributed by atoms with Crippen molar-refractivity contribution in [1.82, 2.24) is 15.5 Å². The highest BCUT2D eigenvalue weighted by atomic mass is 16.3. The molecule has 0 heterocycles. The van der Waals surface area contributed by atoms with Crippen molar-refractivity contribution < 1.29 is 9.90 Å². The number of nitrogens with one attached hydrogen (secondary N) is 2. The third kappa shape index (κ3) is 6.36. The van der Waals surface area contributed by atoms with Crippen molar-refractivity contribution in [3.05, 3.63) is 0 Å².